The lowest BCUT2D eigenvalue weighted by Crippen LogP contribution is -2.42. The second kappa shape index (κ2) is 6.50. The van der Waals surface area contributed by atoms with Crippen molar-refractivity contribution < 1.29 is 9.21 Å². The second-order valence-corrected chi connectivity index (χ2v) is 6.23. The van der Waals surface area contributed by atoms with Gasteiger partial charge in [-0.25, -0.2) is 0 Å². The summed E-state index contributed by atoms with van der Waals surface area (Å²) in [6.45, 7) is 3.43. The molecular formula is C17H22N4O2. The number of rotatable bonds is 4. The quantitative estimate of drug-likeness (QED) is 0.865. The van der Waals surface area contributed by atoms with Crippen LogP contribution < -0.4 is 0 Å². The Morgan fingerprint density at radius 1 is 1.39 bits per heavy atom. The summed E-state index contributed by atoms with van der Waals surface area (Å²) in [6.07, 6.45) is 1.90. The SMILES string of the molecule is Cc1cccc(-c2nnc(CN3CCC[C@@H]3C(=O)N(C)C)o2)c1. The Morgan fingerprint density at radius 3 is 2.96 bits per heavy atom. The highest BCUT2D eigenvalue weighted by atomic mass is 16.4. The highest BCUT2D eigenvalue weighted by Crippen LogP contribution is 2.23. The zero-order valence-corrected chi connectivity index (χ0v) is 13.8. The van der Waals surface area contributed by atoms with Gasteiger partial charge in [0.05, 0.1) is 12.6 Å². The first-order valence-electron chi connectivity index (χ1n) is 7.89. The molecule has 0 radical (unpaired) electrons. The number of aromatic nitrogens is 2. The van der Waals surface area contributed by atoms with Gasteiger partial charge in [-0.2, -0.15) is 0 Å². The number of aryl methyl sites for hydroxylation is 1. The van der Waals surface area contributed by atoms with Crippen LogP contribution >= 0.6 is 0 Å². The third-order valence-corrected chi connectivity index (χ3v) is 4.16. The Hall–Kier alpha value is -2.21. The molecule has 1 aromatic heterocycles. The minimum atomic E-state index is -0.0840. The fraction of sp³-hybridized carbons (Fsp3) is 0.471. The van der Waals surface area contributed by atoms with Gasteiger partial charge in [0.2, 0.25) is 17.7 Å². The van der Waals surface area contributed by atoms with E-state index in [1.54, 1.807) is 19.0 Å². The van der Waals surface area contributed by atoms with Crippen molar-refractivity contribution in [3.05, 3.63) is 35.7 Å². The third-order valence-electron chi connectivity index (χ3n) is 4.16. The number of amides is 1. The van der Waals surface area contributed by atoms with Crippen LogP contribution in [-0.2, 0) is 11.3 Å². The average molecular weight is 314 g/mol. The maximum Gasteiger partial charge on any atom is 0.247 e. The van der Waals surface area contributed by atoms with E-state index in [2.05, 4.69) is 15.1 Å². The summed E-state index contributed by atoms with van der Waals surface area (Å²) in [6, 6.07) is 7.90. The number of nitrogens with zero attached hydrogens (tertiary/aromatic N) is 4. The Labute approximate surface area is 136 Å². The maximum absolute atomic E-state index is 12.2. The number of hydrogen-bond donors (Lipinski definition) is 0. The van der Waals surface area contributed by atoms with Gasteiger partial charge in [-0.15, -0.1) is 10.2 Å². The molecule has 0 unspecified atom stereocenters. The molecule has 1 amide bonds. The van der Waals surface area contributed by atoms with Crippen LogP contribution in [0.4, 0.5) is 0 Å². The molecule has 0 bridgehead atoms. The topological polar surface area (TPSA) is 62.5 Å². The Kier molecular flexibility index (Phi) is 4.43. The zero-order chi connectivity index (χ0) is 16.4. The van der Waals surface area contributed by atoms with Crippen LogP contribution in [0.2, 0.25) is 0 Å². The molecule has 1 atom stereocenters. The summed E-state index contributed by atoms with van der Waals surface area (Å²) in [5.41, 5.74) is 2.07. The lowest BCUT2D eigenvalue weighted by atomic mass is 10.1. The first-order valence-corrected chi connectivity index (χ1v) is 7.89. The van der Waals surface area contributed by atoms with E-state index in [1.807, 2.05) is 31.2 Å². The maximum atomic E-state index is 12.2. The van der Waals surface area contributed by atoms with Crippen molar-refractivity contribution in [3.63, 3.8) is 0 Å². The van der Waals surface area contributed by atoms with E-state index in [0.717, 1.165) is 30.5 Å². The van der Waals surface area contributed by atoms with Gasteiger partial charge < -0.3 is 9.32 Å². The molecule has 2 heterocycles. The van der Waals surface area contributed by atoms with Crippen LogP contribution in [0.25, 0.3) is 11.5 Å². The first kappa shape index (κ1) is 15.7. The first-order chi connectivity index (χ1) is 11.0. The largest absolute Gasteiger partial charge is 0.419 e. The molecule has 1 aromatic carbocycles. The molecule has 0 N–H and O–H groups in total. The number of carbonyl (C=O) groups is 1. The van der Waals surface area contributed by atoms with Gasteiger partial charge in [-0.3, -0.25) is 9.69 Å². The summed E-state index contributed by atoms with van der Waals surface area (Å²) in [5.74, 6) is 1.22. The lowest BCUT2D eigenvalue weighted by molar-refractivity contribution is -0.133. The van der Waals surface area contributed by atoms with Crippen LogP contribution in [0.5, 0.6) is 0 Å². The number of carbonyl (C=O) groups excluding carboxylic acids is 1. The fourth-order valence-electron chi connectivity index (χ4n) is 2.98. The van der Waals surface area contributed by atoms with Crippen molar-refractivity contribution >= 4 is 5.91 Å². The van der Waals surface area contributed by atoms with E-state index in [0.29, 0.717) is 18.3 Å². The van der Waals surface area contributed by atoms with Crippen LogP contribution in [0.3, 0.4) is 0 Å². The van der Waals surface area contributed by atoms with Crippen LogP contribution in [0, 0.1) is 6.92 Å². The standard InChI is InChI=1S/C17H22N4O2/c1-12-6-4-7-13(10-12)16-19-18-15(23-16)11-21-9-5-8-14(21)17(22)20(2)3/h4,6-7,10,14H,5,8-9,11H2,1-3H3/t14-/m1/s1. The monoisotopic (exact) mass is 314 g/mol. The van der Waals surface area contributed by atoms with Crippen molar-refractivity contribution in [2.24, 2.45) is 0 Å². The molecule has 6 heteroatoms. The van der Waals surface area contributed by atoms with Gasteiger partial charge in [-0.05, 0) is 38.4 Å². The molecular weight excluding hydrogens is 292 g/mol. The Balaban J connectivity index is 1.73. The smallest absolute Gasteiger partial charge is 0.247 e. The number of hydrogen-bond acceptors (Lipinski definition) is 5. The molecule has 122 valence electrons. The third kappa shape index (κ3) is 3.42. The predicted molar refractivity (Wildman–Crippen MR) is 86.6 cm³/mol. The molecule has 23 heavy (non-hydrogen) atoms. The normalized spacial score (nSPS) is 18.3. The minimum Gasteiger partial charge on any atom is -0.419 e. The highest BCUT2D eigenvalue weighted by molar-refractivity contribution is 5.81. The predicted octanol–water partition coefficient (Wildman–Crippen LogP) is 2.10. The lowest BCUT2D eigenvalue weighted by Gasteiger charge is -2.24. The van der Waals surface area contributed by atoms with Crippen molar-refractivity contribution in [2.45, 2.75) is 32.4 Å². The summed E-state index contributed by atoms with van der Waals surface area (Å²) < 4.78 is 5.79. The summed E-state index contributed by atoms with van der Waals surface area (Å²) in [7, 11) is 3.59. The molecule has 1 fully saturated rings. The summed E-state index contributed by atoms with van der Waals surface area (Å²) in [5, 5.41) is 8.28. The average Bonchev–Trinajstić information content (AvgIpc) is 3.16. The Morgan fingerprint density at radius 2 is 2.22 bits per heavy atom. The molecule has 1 aliphatic heterocycles. The molecule has 1 aliphatic rings. The van der Waals surface area contributed by atoms with E-state index in [-0.39, 0.29) is 11.9 Å². The van der Waals surface area contributed by atoms with Gasteiger partial charge in [-0.1, -0.05) is 17.7 Å². The Bertz CT molecular complexity index is 695. The van der Waals surface area contributed by atoms with Crippen LogP contribution in [-0.4, -0.2) is 52.6 Å². The molecule has 1 saturated heterocycles. The van der Waals surface area contributed by atoms with Gasteiger partial charge in [0.1, 0.15) is 0 Å². The van der Waals surface area contributed by atoms with Crippen LogP contribution in [0.1, 0.15) is 24.3 Å². The molecule has 0 aliphatic carbocycles. The van der Waals surface area contributed by atoms with E-state index in [9.17, 15) is 4.79 Å². The van der Waals surface area contributed by atoms with Gasteiger partial charge in [0, 0.05) is 19.7 Å². The molecule has 3 rings (SSSR count). The molecule has 0 spiro atoms. The van der Waals surface area contributed by atoms with Crippen molar-refractivity contribution in [2.75, 3.05) is 20.6 Å². The van der Waals surface area contributed by atoms with Crippen molar-refractivity contribution in [1.82, 2.24) is 20.0 Å². The van der Waals surface area contributed by atoms with E-state index >= 15 is 0 Å². The van der Waals surface area contributed by atoms with E-state index in [4.69, 9.17) is 4.42 Å². The van der Waals surface area contributed by atoms with Gasteiger partial charge in [0.15, 0.2) is 0 Å². The van der Waals surface area contributed by atoms with E-state index in [1.165, 1.54) is 0 Å². The fourth-order valence-corrected chi connectivity index (χ4v) is 2.98. The van der Waals surface area contributed by atoms with Crippen molar-refractivity contribution in [1.29, 1.82) is 0 Å². The number of likely N-dealkylation sites (tertiary alicyclic amines) is 1. The van der Waals surface area contributed by atoms with E-state index < -0.39 is 0 Å². The summed E-state index contributed by atoms with van der Waals surface area (Å²) in [4.78, 5) is 16.0. The van der Waals surface area contributed by atoms with Gasteiger partial charge in [0.25, 0.3) is 0 Å². The minimum absolute atomic E-state index is 0.0840. The molecule has 2 aromatic rings. The molecule has 0 saturated carbocycles. The van der Waals surface area contributed by atoms with Crippen LogP contribution in [0.15, 0.2) is 28.7 Å². The second-order valence-electron chi connectivity index (χ2n) is 6.23. The van der Waals surface area contributed by atoms with Gasteiger partial charge >= 0.3 is 0 Å². The number of likely N-dealkylation sites (N-methyl/N-ethyl adjacent to an activating group) is 1. The number of benzene rings is 1. The van der Waals surface area contributed by atoms with Crippen molar-refractivity contribution in [3.8, 4) is 11.5 Å². The zero-order valence-electron chi connectivity index (χ0n) is 13.8. The highest BCUT2D eigenvalue weighted by Gasteiger charge is 2.32. The summed E-state index contributed by atoms with van der Waals surface area (Å²) >= 11 is 0. The molecule has 6 nitrogen and oxygen atoms in total.